The maximum absolute atomic E-state index is 10.5. The van der Waals surface area contributed by atoms with Gasteiger partial charge in [0.25, 0.3) is 0 Å². The molecule has 4 rings (SSSR count). The molecule has 6 N–H and O–H groups in total. The minimum atomic E-state index is -0.923. The highest BCUT2D eigenvalue weighted by Gasteiger charge is 2.25. The zero-order valence-electron chi connectivity index (χ0n) is 30.9. The van der Waals surface area contributed by atoms with E-state index in [-0.39, 0.29) is 63.7 Å². The third-order valence-electron chi connectivity index (χ3n) is 9.22. The van der Waals surface area contributed by atoms with Crippen molar-refractivity contribution < 1.29 is 54.3 Å². The van der Waals surface area contributed by atoms with Crippen molar-refractivity contribution in [2.75, 3.05) is 52.9 Å². The Morgan fingerprint density at radius 1 is 0.396 bits per heavy atom. The Hall–Kier alpha value is -4.20. The molecule has 0 aliphatic heterocycles. The fourth-order valence-corrected chi connectivity index (χ4v) is 5.53. The third kappa shape index (κ3) is 12.2. The minimum absolute atomic E-state index is 0.00796. The van der Waals surface area contributed by atoms with Gasteiger partial charge in [0.2, 0.25) is 0 Å². The molecule has 0 heterocycles. The monoisotopic (exact) mass is 734 g/mol. The van der Waals surface area contributed by atoms with Crippen LogP contribution >= 0.6 is 0 Å². The quantitative estimate of drug-likeness (QED) is 0.0691. The number of ether oxygens (including phenoxy) is 5. The van der Waals surface area contributed by atoms with Crippen LogP contribution in [-0.4, -0.2) is 108 Å². The number of aliphatic hydroxyl groups excluding tert-OH is 6. The Morgan fingerprint density at radius 3 is 0.962 bits per heavy atom. The molecule has 4 atom stereocenters. The van der Waals surface area contributed by atoms with E-state index in [9.17, 15) is 20.4 Å². The predicted octanol–water partition coefficient (Wildman–Crippen LogP) is 4.00. The van der Waals surface area contributed by atoms with Crippen molar-refractivity contribution in [3.8, 4) is 23.0 Å². The van der Waals surface area contributed by atoms with Crippen LogP contribution in [-0.2, 0) is 15.6 Å². The molecule has 4 unspecified atom stereocenters. The molecule has 0 aliphatic carbocycles. The summed E-state index contributed by atoms with van der Waals surface area (Å²) in [5.74, 6) is 2.44. The van der Waals surface area contributed by atoms with Gasteiger partial charge >= 0.3 is 0 Å². The van der Waals surface area contributed by atoms with E-state index in [0.717, 1.165) is 22.3 Å². The van der Waals surface area contributed by atoms with Crippen molar-refractivity contribution >= 4 is 0 Å². The van der Waals surface area contributed by atoms with E-state index < -0.39 is 24.4 Å². The molecule has 0 amide bonds. The van der Waals surface area contributed by atoms with Crippen LogP contribution in [0.2, 0.25) is 0 Å². The van der Waals surface area contributed by atoms with E-state index >= 15 is 0 Å². The van der Waals surface area contributed by atoms with Gasteiger partial charge in [-0.25, -0.2) is 0 Å². The second-order valence-corrected chi connectivity index (χ2v) is 14.1. The highest BCUT2D eigenvalue weighted by molar-refractivity contribution is 5.43. The molecule has 0 fully saturated rings. The second kappa shape index (κ2) is 19.8. The molecule has 11 nitrogen and oxygen atoms in total. The van der Waals surface area contributed by atoms with Crippen LogP contribution in [0, 0.1) is 0 Å². The summed E-state index contributed by atoms with van der Waals surface area (Å²) in [6, 6.07) is 30.6. The summed E-state index contributed by atoms with van der Waals surface area (Å²) in [4.78, 5) is 0. The van der Waals surface area contributed by atoms with Crippen LogP contribution in [0.1, 0.15) is 49.9 Å². The first kappa shape index (κ1) is 41.6. The van der Waals surface area contributed by atoms with Crippen LogP contribution in [0.15, 0.2) is 97.1 Å². The van der Waals surface area contributed by atoms with Crippen LogP contribution in [0.25, 0.3) is 0 Å². The van der Waals surface area contributed by atoms with E-state index in [2.05, 4.69) is 27.7 Å². The molecular weight excluding hydrogens is 680 g/mol. The Labute approximate surface area is 312 Å². The summed E-state index contributed by atoms with van der Waals surface area (Å²) in [5, 5.41) is 57.3. The van der Waals surface area contributed by atoms with Crippen molar-refractivity contribution in [1.29, 1.82) is 0 Å². The summed E-state index contributed by atoms with van der Waals surface area (Å²) < 4.78 is 28.4. The molecule has 0 aliphatic rings. The largest absolute Gasteiger partial charge is 0.491 e. The Kier molecular flexibility index (Phi) is 15.5. The zero-order chi connectivity index (χ0) is 38.4. The summed E-state index contributed by atoms with van der Waals surface area (Å²) in [7, 11) is 0. The minimum Gasteiger partial charge on any atom is -0.491 e. The summed E-state index contributed by atoms with van der Waals surface area (Å²) in [6.07, 6.45) is -3.41. The first-order valence-corrected chi connectivity index (χ1v) is 17.8. The Balaban J connectivity index is 1.20. The lowest BCUT2D eigenvalue weighted by molar-refractivity contribution is -0.0575. The standard InChI is InChI=1S/C42H54O11/c1-41(2,29-5-13-36(14-6-29)49-24-33(46)21-43)31-9-17-38(18-10-31)51-26-35(48)27-52-40(23-45)28-53-39-19-11-32(12-20-39)42(3,4)30-7-15-37(16-8-30)50-25-34(47)22-44/h5-20,33-35,40,43-48H,21-28H2,1-4H3. The number of aliphatic hydroxyl groups is 6. The van der Waals surface area contributed by atoms with E-state index in [1.54, 1.807) is 0 Å². The average molecular weight is 735 g/mol. The molecular formula is C42H54O11. The van der Waals surface area contributed by atoms with Crippen molar-refractivity contribution in [2.45, 2.75) is 62.9 Å². The van der Waals surface area contributed by atoms with E-state index in [4.69, 9.17) is 33.9 Å². The van der Waals surface area contributed by atoms with Crippen LogP contribution in [0.3, 0.4) is 0 Å². The Morgan fingerprint density at radius 2 is 0.679 bits per heavy atom. The van der Waals surface area contributed by atoms with Gasteiger partial charge in [-0.15, -0.1) is 0 Å². The lowest BCUT2D eigenvalue weighted by Crippen LogP contribution is -2.32. The smallest absolute Gasteiger partial charge is 0.119 e. The molecule has 0 aromatic heterocycles. The van der Waals surface area contributed by atoms with Crippen molar-refractivity contribution in [3.63, 3.8) is 0 Å². The lowest BCUT2D eigenvalue weighted by atomic mass is 9.78. The van der Waals surface area contributed by atoms with Gasteiger partial charge in [-0.2, -0.15) is 0 Å². The van der Waals surface area contributed by atoms with Crippen LogP contribution in [0.4, 0.5) is 0 Å². The highest BCUT2D eigenvalue weighted by atomic mass is 16.6. The van der Waals surface area contributed by atoms with Gasteiger partial charge in [0.1, 0.15) is 73.8 Å². The van der Waals surface area contributed by atoms with E-state index in [1.807, 2.05) is 97.1 Å². The SMILES string of the molecule is CC(C)(c1ccc(OCC(O)CO)cc1)c1ccc(OCC(O)COC(CO)COc2ccc(C(C)(C)c3ccc(OCC(O)CO)cc3)cc2)cc1. The summed E-state index contributed by atoms with van der Waals surface area (Å²) in [5.41, 5.74) is 3.65. The zero-order valence-corrected chi connectivity index (χ0v) is 30.9. The maximum atomic E-state index is 10.5. The van der Waals surface area contributed by atoms with Gasteiger partial charge in [0.05, 0.1) is 26.4 Å². The molecule has 53 heavy (non-hydrogen) atoms. The molecule has 11 heteroatoms. The normalized spacial score (nSPS) is 14.2. The highest BCUT2D eigenvalue weighted by Crippen LogP contribution is 2.35. The molecule has 0 radical (unpaired) electrons. The Bertz CT molecular complexity index is 1620. The first-order valence-electron chi connectivity index (χ1n) is 17.8. The number of benzene rings is 4. The van der Waals surface area contributed by atoms with Crippen molar-refractivity contribution in [1.82, 2.24) is 0 Å². The number of rotatable bonds is 22. The number of hydrogen-bond acceptors (Lipinski definition) is 11. The van der Waals surface area contributed by atoms with E-state index in [1.165, 1.54) is 0 Å². The molecule has 0 bridgehead atoms. The van der Waals surface area contributed by atoms with Gasteiger partial charge in [0.15, 0.2) is 0 Å². The van der Waals surface area contributed by atoms with Gasteiger partial charge in [-0.1, -0.05) is 76.2 Å². The topological polar surface area (TPSA) is 168 Å². The van der Waals surface area contributed by atoms with Gasteiger partial charge < -0.3 is 54.3 Å². The molecule has 0 saturated carbocycles. The lowest BCUT2D eigenvalue weighted by Gasteiger charge is -2.27. The molecule has 288 valence electrons. The first-order chi connectivity index (χ1) is 25.3. The number of hydrogen-bond donors (Lipinski definition) is 6. The van der Waals surface area contributed by atoms with Crippen LogP contribution in [0.5, 0.6) is 23.0 Å². The second-order valence-electron chi connectivity index (χ2n) is 14.1. The molecule has 0 spiro atoms. The van der Waals surface area contributed by atoms with Gasteiger partial charge in [-0.05, 0) is 70.8 Å². The molecule has 0 saturated heterocycles. The summed E-state index contributed by atoms with van der Waals surface area (Å²) >= 11 is 0. The van der Waals surface area contributed by atoms with Crippen molar-refractivity contribution in [3.05, 3.63) is 119 Å². The fraction of sp³-hybridized carbons (Fsp3) is 0.429. The molecule has 4 aromatic carbocycles. The van der Waals surface area contributed by atoms with E-state index in [0.29, 0.717) is 23.0 Å². The molecule has 4 aromatic rings. The van der Waals surface area contributed by atoms with Gasteiger partial charge in [-0.3, -0.25) is 0 Å². The third-order valence-corrected chi connectivity index (χ3v) is 9.22. The van der Waals surface area contributed by atoms with Crippen LogP contribution < -0.4 is 18.9 Å². The fourth-order valence-electron chi connectivity index (χ4n) is 5.53. The predicted molar refractivity (Wildman–Crippen MR) is 201 cm³/mol. The maximum Gasteiger partial charge on any atom is 0.119 e. The summed E-state index contributed by atoms with van der Waals surface area (Å²) in [6.45, 7) is 7.57. The van der Waals surface area contributed by atoms with Crippen molar-refractivity contribution in [2.24, 2.45) is 0 Å². The van der Waals surface area contributed by atoms with Gasteiger partial charge in [0, 0.05) is 10.8 Å². The average Bonchev–Trinajstić information content (AvgIpc) is 3.18.